The summed E-state index contributed by atoms with van der Waals surface area (Å²) in [5.74, 6) is 0.418. The molecule has 2 rings (SSSR count). The number of nitrogens with one attached hydrogen (secondary N) is 1. The van der Waals surface area contributed by atoms with Gasteiger partial charge in [0.05, 0.1) is 17.9 Å². The van der Waals surface area contributed by atoms with Gasteiger partial charge in [-0.25, -0.2) is 8.42 Å². The normalized spacial score (nSPS) is 11.4. The number of nitrogens with zero attached hydrogens (tertiary/aromatic N) is 1. The first-order chi connectivity index (χ1) is 12.9. The topological polar surface area (TPSA) is 75.7 Å². The fourth-order valence-corrected chi connectivity index (χ4v) is 4.02. The Morgan fingerprint density at radius 3 is 2.19 bits per heavy atom. The zero-order valence-corrected chi connectivity index (χ0v) is 16.9. The Bertz CT molecular complexity index is 848. The Kier molecular flexibility index (Phi) is 7.65. The molecular formula is C19H23ClN2O4S. The monoisotopic (exact) mass is 410 g/mol. The van der Waals surface area contributed by atoms with Crippen LogP contribution in [0.5, 0.6) is 5.75 Å². The van der Waals surface area contributed by atoms with Crippen molar-refractivity contribution in [2.75, 3.05) is 25.0 Å². The highest BCUT2D eigenvalue weighted by Crippen LogP contribution is 2.19. The van der Waals surface area contributed by atoms with Gasteiger partial charge in [-0.3, -0.25) is 4.79 Å². The number of ether oxygens (including phenoxy) is 1. The van der Waals surface area contributed by atoms with Crippen molar-refractivity contribution in [3.63, 3.8) is 0 Å². The van der Waals surface area contributed by atoms with Gasteiger partial charge in [0.25, 0.3) is 0 Å². The maximum absolute atomic E-state index is 12.4. The van der Waals surface area contributed by atoms with Crippen LogP contribution in [0.25, 0.3) is 0 Å². The summed E-state index contributed by atoms with van der Waals surface area (Å²) in [6.45, 7) is 4.63. The summed E-state index contributed by atoms with van der Waals surface area (Å²) in [6.07, 6.45) is 0.169. The zero-order chi connectivity index (χ0) is 19.9. The number of carbonyl (C=O) groups excluding carboxylic acids is 1. The van der Waals surface area contributed by atoms with Gasteiger partial charge in [0.2, 0.25) is 15.9 Å². The van der Waals surface area contributed by atoms with Crippen LogP contribution in [0.4, 0.5) is 5.69 Å². The quantitative estimate of drug-likeness (QED) is 0.682. The summed E-state index contributed by atoms with van der Waals surface area (Å²) < 4.78 is 31.7. The van der Waals surface area contributed by atoms with Crippen LogP contribution in [-0.4, -0.2) is 38.3 Å². The van der Waals surface area contributed by atoms with E-state index in [4.69, 9.17) is 16.3 Å². The molecular weight excluding hydrogens is 388 g/mol. The predicted octanol–water partition coefficient (Wildman–Crippen LogP) is 3.78. The van der Waals surface area contributed by atoms with Crippen LogP contribution in [0.1, 0.15) is 20.3 Å². The molecule has 0 fully saturated rings. The number of amides is 1. The number of rotatable bonds is 9. The van der Waals surface area contributed by atoms with Crippen molar-refractivity contribution in [1.29, 1.82) is 0 Å². The van der Waals surface area contributed by atoms with Crippen molar-refractivity contribution in [3.8, 4) is 5.75 Å². The number of hydrogen-bond donors (Lipinski definition) is 1. The number of benzene rings is 2. The Hall–Kier alpha value is -2.09. The first-order valence-electron chi connectivity index (χ1n) is 8.65. The molecule has 0 aromatic heterocycles. The van der Waals surface area contributed by atoms with Crippen molar-refractivity contribution in [2.24, 2.45) is 0 Å². The van der Waals surface area contributed by atoms with E-state index in [0.717, 1.165) is 0 Å². The summed E-state index contributed by atoms with van der Waals surface area (Å²) in [5, 5.41) is 3.34. The summed E-state index contributed by atoms with van der Waals surface area (Å²) in [7, 11) is -3.50. The first-order valence-corrected chi connectivity index (χ1v) is 10.5. The lowest BCUT2D eigenvalue weighted by atomic mass is 10.3. The molecule has 0 aliphatic rings. The van der Waals surface area contributed by atoms with Gasteiger partial charge in [-0.1, -0.05) is 25.4 Å². The minimum absolute atomic E-state index is 0.169. The van der Waals surface area contributed by atoms with E-state index in [1.54, 1.807) is 50.2 Å². The predicted molar refractivity (Wildman–Crippen MR) is 107 cm³/mol. The molecule has 0 saturated heterocycles. The van der Waals surface area contributed by atoms with Gasteiger partial charge in [0.1, 0.15) is 5.75 Å². The molecule has 0 unspecified atom stereocenters. The Morgan fingerprint density at radius 2 is 1.63 bits per heavy atom. The van der Waals surface area contributed by atoms with E-state index in [2.05, 4.69) is 5.32 Å². The second-order valence-corrected chi connectivity index (χ2v) is 8.09. The summed E-state index contributed by atoms with van der Waals surface area (Å²) in [4.78, 5) is 12.2. The lowest BCUT2D eigenvalue weighted by Gasteiger charge is -2.18. The fourth-order valence-electron chi connectivity index (χ4n) is 2.44. The van der Waals surface area contributed by atoms with Gasteiger partial charge in [0, 0.05) is 23.8 Å². The van der Waals surface area contributed by atoms with E-state index >= 15 is 0 Å². The fraction of sp³-hybridized carbons (Fsp3) is 0.316. The number of carbonyl (C=O) groups is 1. The maximum Gasteiger partial charge on any atom is 0.243 e. The highest BCUT2D eigenvalue weighted by molar-refractivity contribution is 7.89. The second-order valence-electron chi connectivity index (χ2n) is 5.71. The van der Waals surface area contributed by atoms with E-state index in [1.165, 1.54) is 16.4 Å². The van der Waals surface area contributed by atoms with Gasteiger partial charge in [-0.15, -0.1) is 0 Å². The van der Waals surface area contributed by atoms with E-state index in [9.17, 15) is 13.2 Å². The average Bonchev–Trinajstić information content (AvgIpc) is 2.64. The molecule has 0 bridgehead atoms. The Balaban J connectivity index is 1.88. The molecule has 8 heteroatoms. The highest BCUT2D eigenvalue weighted by atomic mass is 35.5. The van der Waals surface area contributed by atoms with Crippen molar-refractivity contribution >= 4 is 33.2 Å². The second kappa shape index (κ2) is 9.73. The standard InChI is InChI=1S/C19H23ClN2O4S/c1-3-22(4-2)27(24,25)18-11-7-16(8-12-18)21-19(23)13-14-26-17-9-5-15(20)6-10-17/h5-12H,3-4,13-14H2,1-2H3,(H,21,23). The van der Waals surface area contributed by atoms with Gasteiger partial charge < -0.3 is 10.1 Å². The molecule has 1 N–H and O–H groups in total. The van der Waals surface area contributed by atoms with Crippen LogP contribution < -0.4 is 10.1 Å². The third kappa shape index (κ3) is 5.95. The molecule has 27 heavy (non-hydrogen) atoms. The molecule has 2 aromatic rings. The average molecular weight is 411 g/mol. The van der Waals surface area contributed by atoms with Crippen molar-refractivity contribution < 1.29 is 17.9 Å². The Labute approximate surface area is 165 Å². The SMILES string of the molecule is CCN(CC)S(=O)(=O)c1ccc(NC(=O)CCOc2ccc(Cl)cc2)cc1. The van der Waals surface area contributed by atoms with Crippen molar-refractivity contribution in [2.45, 2.75) is 25.2 Å². The molecule has 2 aromatic carbocycles. The third-order valence-corrected chi connectivity index (χ3v) is 6.21. The van der Waals surface area contributed by atoms with Gasteiger partial charge in [-0.05, 0) is 48.5 Å². The molecule has 146 valence electrons. The molecule has 0 saturated carbocycles. The van der Waals surface area contributed by atoms with Crippen LogP contribution in [-0.2, 0) is 14.8 Å². The van der Waals surface area contributed by atoms with Crippen molar-refractivity contribution in [3.05, 3.63) is 53.6 Å². The van der Waals surface area contributed by atoms with E-state index in [1.807, 2.05) is 0 Å². The number of hydrogen-bond acceptors (Lipinski definition) is 4. The highest BCUT2D eigenvalue weighted by Gasteiger charge is 2.21. The van der Waals surface area contributed by atoms with E-state index < -0.39 is 10.0 Å². The molecule has 0 heterocycles. The van der Waals surface area contributed by atoms with Gasteiger partial charge >= 0.3 is 0 Å². The minimum atomic E-state index is -3.50. The number of anilines is 1. The first kappa shape index (κ1) is 21.2. The number of sulfonamides is 1. The third-order valence-electron chi connectivity index (χ3n) is 3.89. The Morgan fingerprint density at radius 1 is 1.04 bits per heavy atom. The van der Waals surface area contributed by atoms with Crippen LogP contribution in [0, 0.1) is 0 Å². The smallest absolute Gasteiger partial charge is 0.243 e. The summed E-state index contributed by atoms with van der Waals surface area (Å²) in [6, 6.07) is 13.0. The van der Waals surface area contributed by atoms with E-state index in [-0.39, 0.29) is 23.8 Å². The van der Waals surface area contributed by atoms with Crippen LogP contribution in [0.15, 0.2) is 53.4 Å². The maximum atomic E-state index is 12.4. The van der Waals surface area contributed by atoms with Gasteiger partial charge in [-0.2, -0.15) is 4.31 Å². The van der Waals surface area contributed by atoms with Crippen LogP contribution in [0.2, 0.25) is 5.02 Å². The largest absolute Gasteiger partial charge is 0.493 e. The molecule has 0 radical (unpaired) electrons. The zero-order valence-electron chi connectivity index (χ0n) is 15.3. The summed E-state index contributed by atoms with van der Waals surface area (Å²) in [5.41, 5.74) is 0.532. The van der Waals surface area contributed by atoms with Crippen LogP contribution in [0.3, 0.4) is 0 Å². The molecule has 0 aliphatic carbocycles. The molecule has 0 atom stereocenters. The molecule has 0 spiro atoms. The van der Waals surface area contributed by atoms with Crippen LogP contribution >= 0.6 is 11.6 Å². The van der Waals surface area contributed by atoms with Crippen molar-refractivity contribution in [1.82, 2.24) is 4.31 Å². The van der Waals surface area contributed by atoms with Gasteiger partial charge in [0.15, 0.2) is 0 Å². The molecule has 6 nitrogen and oxygen atoms in total. The lowest BCUT2D eigenvalue weighted by molar-refractivity contribution is -0.116. The lowest BCUT2D eigenvalue weighted by Crippen LogP contribution is -2.30. The molecule has 1 amide bonds. The summed E-state index contributed by atoms with van der Waals surface area (Å²) >= 11 is 5.80. The van der Waals surface area contributed by atoms with E-state index in [0.29, 0.717) is 29.5 Å². The minimum Gasteiger partial charge on any atom is -0.493 e. The number of halogens is 1. The molecule has 0 aliphatic heterocycles.